The van der Waals surface area contributed by atoms with Gasteiger partial charge in [0.05, 0.1) is 22.7 Å². The van der Waals surface area contributed by atoms with E-state index in [1.165, 1.54) is 6.20 Å². The van der Waals surface area contributed by atoms with E-state index >= 15 is 0 Å². The van der Waals surface area contributed by atoms with Crippen LogP contribution >= 0.6 is 0 Å². The van der Waals surface area contributed by atoms with Gasteiger partial charge in [-0.05, 0) is 23.3 Å². The molecule has 0 saturated heterocycles. The highest BCUT2D eigenvalue weighted by Gasteiger charge is 2.14. The van der Waals surface area contributed by atoms with Gasteiger partial charge in [-0.3, -0.25) is 4.68 Å². The number of pyridine rings is 2. The number of hydrogen-bond donors (Lipinski definition) is 0. The van der Waals surface area contributed by atoms with E-state index in [4.69, 9.17) is 4.98 Å². The second-order valence-electron chi connectivity index (χ2n) is 7.01. The molecule has 7 heteroatoms. The fourth-order valence-electron chi connectivity index (χ4n) is 3.51. The van der Waals surface area contributed by atoms with Crippen LogP contribution < -0.4 is 4.73 Å². The van der Waals surface area contributed by atoms with E-state index in [2.05, 4.69) is 10.1 Å². The Morgan fingerprint density at radius 2 is 1.72 bits per heavy atom. The number of benzene rings is 1. The maximum atomic E-state index is 12.2. The van der Waals surface area contributed by atoms with E-state index in [1.54, 1.807) is 17.1 Å². The van der Waals surface area contributed by atoms with Gasteiger partial charge >= 0.3 is 0 Å². The minimum Gasteiger partial charge on any atom is -0.619 e. The third-order valence-electron chi connectivity index (χ3n) is 4.99. The highest BCUT2D eigenvalue weighted by Crippen LogP contribution is 2.29. The molecule has 0 unspecified atom stereocenters. The average molecular weight is 382 g/mol. The van der Waals surface area contributed by atoms with Crippen molar-refractivity contribution in [3.05, 3.63) is 78.8 Å². The van der Waals surface area contributed by atoms with E-state index < -0.39 is 0 Å². The van der Waals surface area contributed by atoms with E-state index in [-0.39, 0.29) is 0 Å². The predicted molar refractivity (Wildman–Crippen MR) is 111 cm³/mol. The fraction of sp³-hybridized carbons (Fsp3) is 0.0909. The lowest BCUT2D eigenvalue weighted by Crippen LogP contribution is -2.24. The van der Waals surface area contributed by atoms with E-state index in [9.17, 15) is 5.21 Å². The zero-order valence-electron chi connectivity index (χ0n) is 16.0. The molecule has 0 amide bonds. The SMILES string of the molecule is Cn1cc(-c2ccc(-c3c[n+]([O-])cc4ccc(-c5nccn5C)nc34)cc2)cn1. The number of hydrogen-bond acceptors (Lipinski definition) is 4. The number of rotatable bonds is 3. The van der Waals surface area contributed by atoms with Gasteiger partial charge in [-0.2, -0.15) is 9.83 Å². The van der Waals surface area contributed by atoms with Crippen LogP contribution in [0.4, 0.5) is 0 Å². The molecule has 5 rings (SSSR count). The molecule has 0 aliphatic carbocycles. The Bertz CT molecular complexity index is 1330. The van der Waals surface area contributed by atoms with Crippen molar-refractivity contribution in [2.45, 2.75) is 0 Å². The molecule has 7 nitrogen and oxygen atoms in total. The molecule has 0 fully saturated rings. The monoisotopic (exact) mass is 382 g/mol. The Kier molecular flexibility index (Phi) is 3.87. The van der Waals surface area contributed by atoms with Crippen LogP contribution in [0.3, 0.4) is 0 Å². The molecule has 0 bridgehead atoms. The van der Waals surface area contributed by atoms with Gasteiger partial charge < -0.3 is 9.77 Å². The molecule has 1 aromatic carbocycles. The Hall–Kier alpha value is -4.00. The van der Waals surface area contributed by atoms with Gasteiger partial charge in [-0.25, -0.2) is 9.97 Å². The Labute approximate surface area is 167 Å². The molecule has 4 aromatic heterocycles. The fourth-order valence-corrected chi connectivity index (χ4v) is 3.51. The summed E-state index contributed by atoms with van der Waals surface area (Å²) in [4.78, 5) is 9.22. The van der Waals surface area contributed by atoms with Crippen LogP contribution in [-0.4, -0.2) is 24.3 Å². The molecule has 29 heavy (non-hydrogen) atoms. The molecule has 0 aliphatic heterocycles. The van der Waals surface area contributed by atoms with Gasteiger partial charge in [0.2, 0.25) is 0 Å². The molecule has 0 atom stereocenters. The van der Waals surface area contributed by atoms with Crippen molar-refractivity contribution >= 4 is 10.9 Å². The lowest BCUT2D eigenvalue weighted by molar-refractivity contribution is -0.603. The second kappa shape index (κ2) is 6.56. The molecule has 0 spiro atoms. The Balaban J connectivity index is 1.64. The summed E-state index contributed by atoms with van der Waals surface area (Å²) in [6.07, 6.45) is 10.5. The summed E-state index contributed by atoms with van der Waals surface area (Å²) in [6.45, 7) is 0. The minimum atomic E-state index is 0.766. The summed E-state index contributed by atoms with van der Waals surface area (Å²) in [5.74, 6) is 0.781. The summed E-state index contributed by atoms with van der Waals surface area (Å²) in [7, 11) is 3.83. The van der Waals surface area contributed by atoms with Gasteiger partial charge in [0.25, 0.3) is 0 Å². The topological polar surface area (TPSA) is 75.5 Å². The molecule has 142 valence electrons. The summed E-state index contributed by atoms with van der Waals surface area (Å²) < 4.78 is 4.53. The number of fused-ring (bicyclic) bond motifs is 1. The van der Waals surface area contributed by atoms with Gasteiger partial charge in [-0.1, -0.05) is 24.3 Å². The third-order valence-corrected chi connectivity index (χ3v) is 4.99. The van der Waals surface area contributed by atoms with Crippen molar-refractivity contribution < 1.29 is 4.73 Å². The molecular formula is C22H18N6O. The van der Waals surface area contributed by atoms with Gasteiger partial charge in [0.1, 0.15) is 5.69 Å². The highest BCUT2D eigenvalue weighted by molar-refractivity contribution is 5.93. The van der Waals surface area contributed by atoms with Crippen LogP contribution in [0.25, 0.3) is 44.7 Å². The summed E-state index contributed by atoms with van der Waals surface area (Å²) in [5, 5.41) is 17.2. The first kappa shape index (κ1) is 17.1. The first-order valence-electron chi connectivity index (χ1n) is 9.19. The number of imidazole rings is 1. The Morgan fingerprint density at radius 1 is 0.931 bits per heavy atom. The van der Waals surface area contributed by atoms with Crippen molar-refractivity contribution in [3.63, 3.8) is 0 Å². The quantitative estimate of drug-likeness (QED) is 0.354. The van der Waals surface area contributed by atoms with E-state index in [0.29, 0.717) is 0 Å². The summed E-state index contributed by atoms with van der Waals surface area (Å²) in [5.41, 5.74) is 5.36. The number of nitrogens with zero attached hydrogens (tertiary/aromatic N) is 6. The average Bonchev–Trinajstić information content (AvgIpc) is 3.35. The van der Waals surface area contributed by atoms with E-state index in [0.717, 1.165) is 49.4 Å². The van der Waals surface area contributed by atoms with Crippen molar-refractivity contribution in [3.8, 4) is 33.8 Å². The smallest absolute Gasteiger partial charge is 0.190 e. The predicted octanol–water partition coefficient (Wildman–Crippen LogP) is 3.34. The summed E-state index contributed by atoms with van der Waals surface area (Å²) in [6, 6.07) is 11.9. The molecule has 5 aromatic rings. The maximum Gasteiger partial charge on any atom is 0.190 e. The summed E-state index contributed by atoms with van der Waals surface area (Å²) >= 11 is 0. The second-order valence-corrected chi connectivity index (χ2v) is 7.01. The van der Waals surface area contributed by atoms with Gasteiger partial charge in [-0.15, -0.1) is 0 Å². The Morgan fingerprint density at radius 3 is 2.41 bits per heavy atom. The number of aryl methyl sites for hydroxylation is 2. The number of aromatic nitrogens is 6. The van der Waals surface area contributed by atoms with Crippen molar-refractivity contribution in [1.82, 2.24) is 24.3 Å². The molecule has 0 N–H and O–H groups in total. The third kappa shape index (κ3) is 3.02. The van der Waals surface area contributed by atoms with Crippen LogP contribution in [0.15, 0.2) is 73.6 Å². The molecule has 0 saturated carbocycles. The van der Waals surface area contributed by atoms with Crippen molar-refractivity contribution in [2.24, 2.45) is 14.1 Å². The van der Waals surface area contributed by atoms with E-state index in [1.807, 2.05) is 73.7 Å². The van der Waals surface area contributed by atoms with Gasteiger partial charge in [0, 0.05) is 38.2 Å². The zero-order chi connectivity index (χ0) is 20.0. The minimum absolute atomic E-state index is 0.766. The zero-order valence-corrected chi connectivity index (χ0v) is 16.0. The highest BCUT2D eigenvalue weighted by atomic mass is 16.5. The van der Waals surface area contributed by atoms with Crippen LogP contribution in [-0.2, 0) is 14.1 Å². The molecular weight excluding hydrogens is 364 g/mol. The first-order chi connectivity index (χ1) is 14.1. The molecule has 0 aliphatic rings. The maximum absolute atomic E-state index is 12.2. The van der Waals surface area contributed by atoms with Crippen LogP contribution in [0, 0.1) is 5.21 Å². The van der Waals surface area contributed by atoms with Crippen LogP contribution in [0.1, 0.15) is 0 Å². The van der Waals surface area contributed by atoms with Gasteiger partial charge in [0.15, 0.2) is 18.2 Å². The lowest BCUT2D eigenvalue weighted by Gasteiger charge is -2.09. The van der Waals surface area contributed by atoms with Crippen molar-refractivity contribution in [1.29, 1.82) is 0 Å². The lowest BCUT2D eigenvalue weighted by atomic mass is 10.0. The standard InChI is InChI=1S/C22H18N6O/c1-26-10-9-23-22(26)20-8-7-17-13-28(29)14-19(21(17)25-20)16-5-3-15(4-6-16)18-11-24-27(2)12-18/h3-14H,1-2H3. The van der Waals surface area contributed by atoms with Crippen molar-refractivity contribution in [2.75, 3.05) is 0 Å². The molecule has 0 radical (unpaired) electrons. The van der Waals surface area contributed by atoms with Crippen LogP contribution in [0.2, 0.25) is 0 Å². The molecule has 4 heterocycles. The largest absolute Gasteiger partial charge is 0.619 e. The van der Waals surface area contributed by atoms with Crippen LogP contribution in [0.5, 0.6) is 0 Å². The normalized spacial score (nSPS) is 11.2. The first-order valence-corrected chi connectivity index (χ1v) is 9.19.